The van der Waals surface area contributed by atoms with Crippen molar-refractivity contribution in [3.8, 4) is 0 Å². The van der Waals surface area contributed by atoms with E-state index < -0.39 is 5.97 Å². The van der Waals surface area contributed by atoms with Crippen molar-refractivity contribution >= 4 is 11.8 Å². The minimum atomic E-state index is -0.465. The van der Waals surface area contributed by atoms with Gasteiger partial charge in [0.15, 0.2) is 5.78 Å². The Labute approximate surface area is 176 Å². The number of nitrogens with zero attached hydrogens (tertiary/aromatic N) is 4. The Bertz CT molecular complexity index is 911. The van der Waals surface area contributed by atoms with E-state index in [2.05, 4.69) is 10.00 Å². The van der Waals surface area contributed by atoms with Gasteiger partial charge in [0.05, 0.1) is 19.7 Å². The van der Waals surface area contributed by atoms with Crippen molar-refractivity contribution in [1.82, 2.24) is 19.2 Å². The lowest BCUT2D eigenvalue weighted by Gasteiger charge is -2.30. The second-order valence-corrected chi connectivity index (χ2v) is 7.60. The molecule has 0 bridgehead atoms. The SMILES string of the molecule is CCOC(=O)CC(=O)CN1CCC(c2nn(Cc3ccccc3)c(=O)n2CC)CC1. The maximum Gasteiger partial charge on any atom is 0.346 e. The van der Waals surface area contributed by atoms with E-state index in [1.165, 1.54) is 0 Å². The molecule has 1 saturated heterocycles. The summed E-state index contributed by atoms with van der Waals surface area (Å²) in [6.45, 7) is 6.75. The van der Waals surface area contributed by atoms with Crippen molar-refractivity contribution in [2.24, 2.45) is 0 Å². The summed E-state index contributed by atoms with van der Waals surface area (Å²) in [5.41, 5.74) is 0.963. The molecular weight excluding hydrogens is 384 g/mol. The number of piperidine rings is 1. The predicted octanol–water partition coefficient (Wildman–Crippen LogP) is 1.81. The highest BCUT2D eigenvalue weighted by atomic mass is 16.5. The van der Waals surface area contributed by atoms with Gasteiger partial charge in [-0.25, -0.2) is 9.48 Å². The zero-order valence-corrected chi connectivity index (χ0v) is 17.7. The zero-order valence-electron chi connectivity index (χ0n) is 17.7. The number of ether oxygens (including phenoxy) is 1. The highest BCUT2D eigenvalue weighted by Gasteiger charge is 2.27. The number of ketones is 1. The summed E-state index contributed by atoms with van der Waals surface area (Å²) in [4.78, 5) is 38.4. The summed E-state index contributed by atoms with van der Waals surface area (Å²) in [7, 11) is 0. The molecular formula is C22H30N4O4. The summed E-state index contributed by atoms with van der Waals surface area (Å²) in [5.74, 6) is 0.430. The molecule has 3 rings (SSSR count). The third-order valence-corrected chi connectivity index (χ3v) is 5.44. The highest BCUT2D eigenvalue weighted by molar-refractivity contribution is 5.96. The number of likely N-dealkylation sites (tertiary alicyclic amines) is 1. The molecule has 1 aliphatic heterocycles. The normalized spacial score (nSPS) is 15.3. The van der Waals surface area contributed by atoms with Gasteiger partial charge in [-0.3, -0.25) is 19.1 Å². The van der Waals surface area contributed by atoms with Crippen LogP contribution in [0.4, 0.5) is 0 Å². The number of aromatic nitrogens is 3. The van der Waals surface area contributed by atoms with Gasteiger partial charge in [-0.05, 0) is 45.3 Å². The fourth-order valence-electron chi connectivity index (χ4n) is 3.94. The molecule has 0 amide bonds. The van der Waals surface area contributed by atoms with Crippen LogP contribution in [0.5, 0.6) is 0 Å². The van der Waals surface area contributed by atoms with Gasteiger partial charge < -0.3 is 4.74 Å². The van der Waals surface area contributed by atoms with E-state index in [4.69, 9.17) is 4.74 Å². The van der Waals surface area contributed by atoms with Crippen LogP contribution in [0.25, 0.3) is 0 Å². The molecule has 0 N–H and O–H groups in total. The lowest BCUT2D eigenvalue weighted by molar-refractivity contribution is -0.145. The second kappa shape index (κ2) is 10.3. The van der Waals surface area contributed by atoms with Crippen molar-refractivity contribution in [2.45, 2.75) is 52.1 Å². The van der Waals surface area contributed by atoms with E-state index in [9.17, 15) is 14.4 Å². The smallest absolute Gasteiger partial charge is 0.346 e. The van der Waals surface area contributed by atoms with Gasteiger partial charge >= 0.3 is 11.7 Å². The minimum absolute atomic E-state index is 0.0802. The summed E-state index contributed by atoms with van der Waals surface area (Å²) in [6, 6.07) is 9.84. The van der Waals surface area contributed by atoms with Gasteiger partial charge in [-0.15, -0.1) is 0 Å². The number of hydrogen-bond donors (Lipinski definition) is 0. The molecule has 0 radical (unpaired) electrons. The first kappa shape index (κ1) is 22.0. The molecule has 1 aliphatic rings. The molecule has 1 fully saturated rings. The van der Waals surface area contributed by atoms with Gasteiger partial charge in [-0.1, -0.05) is 30.3 Å². The topological polar surface area (TPSA) is 86.4 Å². The van der Waals surface area contributed by atoms with E-state index in [-0.39, 0.29) is 37.0 Å². The van der Waals surface area contributed by atoms with Crippen molar-refractivity contribution in [2.75, 3.05) is 26.2 Å². The second-order valence-electron chi connectivity index (χ2n) is 7.60. The van der Waals surface area contributed by atoms with E-state index in [0.29, 0.717) is 13.1 Å². The van der Waals surface area contributed by atoms with Crippen molar-refractivity contribution in [3.63, 3.8) is 0 Å². The lowest BCUT2D eigenvalue weighted by atomic mass is 9.95. The molecule has 8 heteroatoms. The molecule has 30 heavy (non-hydrogen) atoms. The average molecular weight is 415 g/mol. The average Bonchev–Trinajstić information content (AvgIpc) is 3.04. The van der Waals surface area contributed by atoms with Crippen LogP contribution in [0.3, 0.4) is 0 Å². The largest absolute Gasteiger partial charge is 0.466 e. The van der Waals surface area contributed by atoms with Gasteiger partial charge in [0.25, 0.3) is 0 Å². The fraction of sp³-hybridized carbons (Fsp3) is 0.545. The Morgan fingerprint density at radius 3 is 2.47 bits per heavy atom. The molecule has 1 aromatic heterocycles. The Morgan fingerprint density at radius 1 is 1.13 bits per heavy atom. The molecule has 8 nitrogen and oxygen atoms in total. The quantitative estimate of drug-likeness (QED) is 0.460. The van der Waals surface area contributed by atoms with E-state index >= 15 is 0 Å². The predicted molar refractivity (Wildman–Crippen MR) is 112 cm³/mol. The molecule has 0 atom stereocenters. The molecule has 0 saturated carbocycles. The summed E-state index contributed by atoms with van der Waals surface area (Å²) < 4.78 is 8.14. The molecule has 2 aromatic rings. The summed E-state index contributed by atoms with van der Waals surface area (Å²) >= 11 is 0. The summed E-state index contributed by atoms with van der Waals surface area (Å²) in [6.07, 6.45) is 1.48. The van der Waals surface area contributed by atoms with Gasteiger partial charge in [0.2, 0.25) is 0 Å². The number of benzene rings is 1. The van der Waals surface area contributed by atoms with E-state index in [1.54, 1.807) is 16.2 Å². The maximum atomic E-state index is 12.8. The third kappa shape index (κ3) is 5.44. The number of Topliss-reactive ketones (excluding diaryl/α,β-unsaturated/α-hetero) is 1. The zero-order chi connectivity index (χ0) is 21.5. The van der Waals surface area contributed by atoms with Gasteiger partial charge in [-0.2, -0.15) is 5.10 Å². The third-order valence-electron chi connectivity index (χ3n) is 5.44. The van der Waals surface area contributed by atoms with Crippen LogP contribution in [0, 0.1) is 0 Å². The first-order valence-electron chi connectivity index (χ1n) is 10.6. The monoisotopic (exact) mass is 414 g/mol. The fourth-order valence-corrected chi connectivity index (χ4v) is 3.94. The molecule has 1 aromatic carbocycles. The Morgan fingerprint density at radius 2 is 1.83 bits per heavy atom. The summed E-state index contributed by atoms with van der Waals surface area (Å²) in [5, 5.41) is 4.67. The molecule has 0 aliphatic carbocycles. The Balaban J connectivity index is 1.61. The molecule has 2 heterocycles. The first-order valence-corrected chi connectivity index (χ1v) is 10.6. The number of carbonyl (C=O) groups excluding carboxylic acids is 2. The first-order chi connectivity index (χ1) is 14.5. The highest BCUT2D eigenvalue weighted by Crippen LogP contribution is 2.26. The Kier molecular flexibility index (Phi) is 7.57. The van der Waals surface area contributed by atoms with Crippen molar-refractivity contribution in [1.29, 1.82) is 0 Å². The standard InChI is InChI=1S/C22H30N4O4/c1-3-25-21(23-26(22(25)29)15-17-8-6-5-7-9-17)18-10-12-24(13-11-18)16-19(27)14-20(28)30-4-2/h5-9,18H,3-4,10-16H2,1-2H3. The molecule has 0 spiro atoms. The number of esters is 1. The number of carbonyl (C=O) groups is 2. The Hall–Kier alpha value is -2.74. The van der Waals surface area contributed by atoms with Crippen LogP contribution in [0.15, 0.2) is 35.1 Å². The van der Waals surface area contributed by atoms with Gasteiger partial charge in [0, 0.05) is 12.5 Å². The van der Waals surface area contributed by atoms with E-state index in [1.807, 2.05) is 37.3 Å². The van der Waals surface area contributed by atoms with Crippen LogP contribution in [0.1, 0.15) is 50.4 Å². The van der Waals surface area contributed by atoms with Crippen molar-refractivity contribution < 1.29 is 14.3 Å². The molecule has 162 valence electrons. The van der Waals surface area contributed by atoms with Crippen LogP contribution in [-0.4, -0.2) is 57.2 Å². The maximum absolute atomic E-state index is 12.8. The lowest BCUT2D eigenvalue weighted by Crippen LogP contribution is -2.38. The van der Waals surface area contributed by atoms with Crippen LogP contribution in [0.2, 0.25) is 0 Å². The van der Waals surface area contributed by atoms with Gasteiger partial charge in [0.1, 0.15) is 12.2 Å². The number of rotatable bonds is 9. The van der Waals surface area contributed by atoms with Crippen LogP contribution >= 0.6 is 0 Å². The van der Waals surface area contributed by atoms with E-state index in [0.717, 1.165) is 37.3 Å². The minimum Gasteiger partial charge on any atom is -0.466 e. The van der Waals surface area contributed by atoms with Crippen LogP contribution < -0.4 is 5.69 Å². The number of hydrogen-bond acceptors (Lipinski definition) is 6. The molecule has 0 unspecified atom stereocenters. The van der Waals surface area contributed by atoms with Crippen LogP contribution in [-0.2, 0) is 27.4 Å². The van der Waals surface area contributed by atoms with Crippen molar-refractivity contribution in [3.05, 3.63) is 52.2 Å².